The first-order chi connectivity index (χ1) is 7.56. The Kier molecular flexibility index (Phi) is 8.52. The molecule has 0 spiro atoms. The van der Waals surface area contributed by atoms with E-state index in [1.54, 1.807) is 0 Å². The molecular weight excluding hydrogens is 208 g/mol. The van der Waals surface area contributed by atoms with Gasteiger partial charge >= 0.3 is 5.97 Å². The lowest BCUT2D eigenvalue weighted by molar-refractivity contribution is -0.142. The minimum absolute atomic E-state index is 0.0786. The van der Waals surface area contributed by atoms with E-state index in [1.165, 1.54) is 0 Å². The van der Waals surface area contributed by atoms with Gasteiger partial charge in [-0.3, -0.25) is 14.9 Å². The van der Waals surface area contributed by atoms with Gasteiger partial charge in [-0.05, 0) is 20.3 Å². The predicted molar refractivity (Wildman–Crippen MR) is 62.0 cm³/mol. The van der Waals surface area contributed by atoms with Crippen molar-refractivity contribution in [3.05, 3.63) is 0 Å². The molecule has 0 atom stereocenters. The Morgan fingerprint density at radius 3 is 2.50 bits per heavy atom. The van der Waals surface area contributed by atoms with Gasteiger partial charge in [0.2, 0.25) is 5.91 Å². The largest absolute Gasteiger partial charge is 0.465 e. The van der Waals surface area contributed by atoms with Gasteiger partial charge in [-0.25, -0.2) is 0 Å². The molecule has 0 heterocycles. The van der Waals surface area contributed by atoms with Crippen LogP contribution < -0.4 is 10.6 Å². The molecule has 0 radical (unpaired) electrons. The molecule has 5 nitrogen and oxygen atoms in total. The van der Waals surface area contributed by atoms with Crippen LogP contribution in [0.15, 0.2) is 0 Å². The average molecular weight is 230 g/mol. The zero-order valence-electron chi connectivity index (χ0n) is 10.3. The van der Waals surface area contributed by atoms with E-state index in [2.05, 4.69) is 10.6 Å². The Labute approximate surface area is 96.9 Å². The third-order valence-corrected chi connectivity index (χ3v) is 1.77. The number of carbonyl (C=O) groups excluding carboxylic acids is 2. The van der Waals surface area contributed by atoms with Crippen molar-refractivity contribution in [2.24, 2.45) is 0 Å². The van der Waals surface area contributed by atoms with Crippen molar-refractivity contribution in [1.82, 2.24) is 10.6 Å². The Morgan fingerprint density at radius 1 is 1.25 bits per heavy atom. The third-order valence-electron chi connectivity index (χ3n) is 1.77. The highest BCUT2D eigenvalue weighted by Gasteiger charge is 2.05. The topological polar surface area (TPSA) is 67.4 Å². The summed E-state index contributed by atoms with van der Waals surface area (Å²) < 4.78 is 4.91. The zero-order chi connectivity index (χ0) is 12.4. The Bertz CT molecular complexity index is 217. The molecule has 5 heteroatoms. The predicted octanol–water partition coefficient (Wildman–Crippen LogP) is 0.444. The Balaban J connectivity index is 3.43. The second-order valence-corrected chi connectivity index (χ2v) is 3.90. The lowest BCUT2D eigenvalue weighted by atomic mass is 10.4. The fourth-order valence-electron chi connectivity index (χ4n) is 1.03. The minimum atomic E-state index is -0.314. The Morgan fingerprint density at radius 2 is 1.94 bits per heavy atom. The maximum absolute atomic E-state index is 11.2. The second kappa shape index (κ2) is 9.15. The van der Waals surface area contributed by atoms with Crippen molar-refractivity contribution >= 4 is 11.9 Å². The first kappa shape index (κ1) is 14.9. The first-order valence-corrected chi connectivity index (χ1v) is 5.72. The molecule has 2 N–H and O–H groups in total. The van der Waals surface area contributed by atoms with Gasteiger partial charge in [-0.2, -0.15) is 0 Å². The summed E-state index contributed by atoms with van der Waals surface area (Å²) in [5, 5.41) is 5.45. The maximum Gasteiger partial charge on any atom is 0.319 e. The fraction of sp³-hybridized carbons (Fsp3) is 0.818. The van der Waals surface area contributed by atoms with Crippen LogP contribution in [0.5, 0.6) is 0 Å². The molecule has 0 fully saturated rings. The molecule has 0 aromatic carbocycles. The SMILES string of the molecule is CCCCOC(=O)CNCC(=O)NC(C)C. The minimum Gasteiger partial charge on any atom is -0.465 e. The average Bonchev–Trinajstić information content (AvgIpc) is 2.17. The van der Waals surface area contributed by atoms with Crippen molar-refractivity contribution in [3.63, 3.8) is 0 Å². The first-order valence-electron chi connectivity index (χ1n) is 5.72. The summed E-state index contributed by atoms with van der Waals surface area (Å²) in [6, 6.07) is 0.116. The molecule has 0 aromatic rings. The number of nitrogens with one attached hydrogen (secondary N) is 2. The number of rotatable bonds is 8. The van der Waals surface area contributed by atoms with Gasteiger partial charge in [0.15, 0.2) is 0 Å². The maximum atomic E-state index is 11.2. The summed E-state index contributed by atoms with van der Waals surface area (Å²) in [5.41, 5.74) is 0. The van der Waals surface area contributed by atoms with Crippen LogP contribution >= 0.6 is 0 Å². The number of esters is 1. The molecule has 0 aliphatic heterocycles. The normalized spacial score (nSPS) is 10.2. The van der Waals surface area contributed by atoms with Crippen LogP contribution in [-0.4, -0.2) is 37.6 Å². The van der Waals surface area contributed by atoms with Crippen LogP contribution in [0.4, 0.5) is 0 Å². The number of unbranched alkanes of at least 4 members (excludes halogenated alkanes) is 1. The van der Waals surface area contributed by atoms with Gasteiger partial charge in [0.1, 0.15) is 0 Å². The molecule has 0 saturated carbocycles. The number of ether oxygens (including phenoxy) is 1. The van der Waals surface area contributed by atoms with Crippen molar-refractivity contribution < 1.29 is 14.3 Å². The van der Waals surface area contributed by atoms with Crippen LogP contribution in [0, 0.1) is 0 Å². The highest BCUT2D eigenvalue weighted by Crippen LogP contribution is 1.87. The molecular formula is C11H22N2O3. The molecule has 94 valence electrons. The number of hydrogen-bond acceptors (Lipinski definition) is 4. The Hall–Kier alpha value is -1.10. The van der Waals surface area contributed by atoms with Crippen LogP contribution in [0.2, 0.25) is 0 Å². The number of amides is 1. The molecule has 0 saturated heterocycles. The number of hydrogen-bond donors (Lipinski definition) is 2. The summed E-state index contributed by atoms with van der Waals surface area (Å²) in [4.78, 5) is 22.3. The van der Waals surface area contributed by atoms with Gasteiger partial charge in [0, 0.05) is 6.04 Å². The van der Waals surface area contributed by atoms with Crippen molar-refractivity contribution in [1.29, 1.82) is 0 Å². The van der Waals surface area contributed by atoms with E-state index in [0.717, 1.165) is 12.8 Å². The standard InChI is InChI=1S/C11H22N2O3/c1-4-5-6-16-11(15)8-12-7-10(14)13-9(2)3/h9,12H,4-8H2,1-3H3,(H,13,14). The van der Waals surface area contributed by atoms with Gasteiger partial charge < -0.3 is 10.1 Å². The third kappa shape index (κ3) is 9.45. The molecule has 0 aliphatic carbocycles. The smallest absolute Gasteiger partial charge is 0.319 e. The summed E-state index contributed by atoms with van der Waals surface area (Å²) in [6.45, 7) is 6.47. The molecule has 0 aromatic heterocycles. The second-order valence-electron chi connectivity index (χ2n) is 3.90. The van der Waals surface area contributed by atoms with E-state index < -0.39 is 0 Å². The van der Waals surface area contributed by atoms with Crippen LogP contribution in [0.3, 0.4) is 0 Å². The van der Waals surface area contributed by atoms with E-state index in [9.17, 15) is 9.59 Å². The van der Waals surface area contributed by atoms with E-state index >= 15 is 0 Å². The monoisotopic (exact) mass is 230 g/mol. The van der Waals surface area contributed by atoms with E-state index in [4.69, 9.17) is 4.74 Å². The summed E-state index contributed by atoms with van der Waals surface area (Å²) in [7, 11) is 0. The zero-order valence-corrected chi connectivity index (χ0v) is 10.3. The molecule has 0 rings (SSSR count). The molecule has 0 unspecified atom stereocenters. The molecule has 1 amide bonds. The van der Waals surface area contributed by atoms with E-state index in [0.29, 0.717) is 6.61 Å². The van der Waals surface area contributed by atoms with Crippen molar-refractivity contribution in [2.75, 3.05) is 19.7 Å². The van der Waals surface area contributed by atoms with Gasteiger partial charge in [0.05, 0.1) is 19.7 Å². The van der Waals surface area contributed by atoms with Crippen molar-refractivity contribution in [2.45, 2.75) is 39.7 Å². The molecule has 0 bridgehead atoms. The quantitative estimate of drug-likeness (QED) is 0.469. The van der Waals surface area contributed by atoms with Crippen LogP contribution in [0.1, 0.15) is 33.6 Å². The van der Waals surface area contributed by atoms with Gasteiger partial charge in [-0.15, -0.1) is 0 Å². The van der Waals surface area contributed by atoms with E-state index in [-0.39, 0.29) is 31.0 Å². The number of carbonyl (C=O) groups is 2. The van der Waals surface area contributed by atoms with Crippen LogP contribution in [-0.2, 0) is 14.3 Å². The highest BCUT2D eigenvalue weighted by molar-refractivity contribution is 5.79. The summed E-state index contributed by atoms with van der Waals surface area (Å²) in [6.07, 6.45) is 1.87. The summed E-state index contributed by atoms with van der Waals surface area (Å²) >= 11 is 0. The lowest BCUT2D eigenvalue weighted by Crippen LogP contribution is -2.39. The molecule has 16 heavy (non-hydrogen) atoms. The van der Waals surface area contributed by atoms with Gasteiger partial charge in [0.25, 0.3) is 0 Å². The molecule has 0 aliphatic rings. The van der Waals surface area contributed by atoms with Gasteiger partial charge in [-0.1, -0.05) is 13.3 Å². The van der Waals surface area contributed by atoms with Crippen molar-refractivity contribution in [3.8, 4) is 0 Å². The highest BCUT2D eigenvalue weighted by atomic mass is 16.5. The summed E-state index contributed by atoms with van der Waals surface area (Å²) in [5.74, 6) is -0.429. The van der Waals surface area contributed by atoms with E-state index in [1.807, 2.05) is 20.8 Å². The fourth-order valence-corrected chi connectivity index (χ4v) is 1.03. The lowest BCUT2D eigenvalue weighted by Gasteiger charge is -2.09. The van der Waals surface area contributed by atoms with Crippen LogP contribution in [0.25, 0.3) is 0 Å².